The van der Waals surface area contributed by atoms with E-state index in [1.807, 2.05) is 72.8 Å². The van der Waals surface area contributed by atoms with E-state index in [4.69, 9.17) is 10.2 Å². The van der Waals surface area contributed by atoms with E-state index < -0.39 is 11.9 Å². The van der Waals surface area contributed by atoms with Gasteiger partial charge in [-0.2, -0.15) is 0 Å². The zero-order valence-corrected chi connectivity index (χ0v) is 15.8. The van der Waals surface area contributed by atoms with Crippen LogP contribution in [0.5, 0.6) is 0 Å². The lowest BCUT2D eigenvalue weighted by atomic mass is 10.2. The molecule has 0 saturated carbocycles. The second kappa shape index (κ2) is 19.4. The van der Waals surface area contributed by atoms with Gasteiger partial charge in [0.15, 0.2) is 0 Å². The average Bonchev–Trinajstić information content (AvgIpc) is 2.74. The third-order valence-electron chi connectivity index (χ3n) is 2.61. The van der Waals surface area contributed by atoms with Crippen molar-refractivity contribution in [3.63, 3.8) is 0 Å². The number of hydrogen-bond donors (Lipinski definition) is 2. The van der Waals surface area contributed by atoms with Crippen LogP contribution >= 0.6 is 0 Å². The topological polar surface area (TPSA) is 74.6 Å². The molecule has 0 aliphatic rings. The third kappa shape index (κ3) is 20.1. The number of benzene rings is 2. The van der Waals surface area contributed by atoms with E-state index in [0.717, 1.165) is 0 Å². The van der Waals surface area contributed by atoms with Gasteiger partial charge in [0.2, 0.25) is 0 Å². The smallest absolute Gasteiger partial charge is 0.328 e. The van der Waals surface area contributed by atoms with Crippen LogP contribution in [0.15, 0.2) is 111 Å². The molecule has 2 rings (SSSR count). The quantitative estimate of drug-likeness (QED) is 0.515. The van der Waals surface area contributed by atoms with Crippen molar-refractivity contribution in [1.29, 1.82) is 0 Å². The zero-order valence-electron chi connectivity index (χ0n) is 15.8. The number of carboxylic acids is 2. The Hall–Kier alpha value is -3.92. The first-order chi connectivity index (χ1) is 13.4. The first kappa shape index (κ1) is 26.3. The molecule has 2 aromatic rings. The number of aliphatic carboxylic acids is 2. The molecule has 0 saturated heterocycles. The summed E-state index contributed by atoms with van der Waals surface area (Å²) in [5, 5.41) is 15.6. The van der Waals surface area contributed by atoms with Crippen molar-refractivity contribution in [2.45, 2.75) is 0 Å². The molecule has 0 aliphatic heterocycles. The Balaban J connectivity index is 0. The van der Waals surface area contributed by atoms with Crippen LogP contribution < -0.4 is 0 Å². The van der Waals surface area contributed by atoms with E-state index in [1.165, 1.54) is 11.1 Å². The molecule has 0 unspecified atom stereocenters. The number of allylic oxidation sites excluding steroid dienone is 2. The van der Waals surface area contributed by atoms with Crippen LogP contribution in [-0.4, -0.2) is 22.2 Å². The molecule has 0 fully saturated rings. The largest absolute Gasteiger partial charge is 0.478 e. The molecule has 4 heteroatoms. The van der Waals surface area contributed by atoms with E-state index in [9.17, 15) is 9.59 Å². The van der Waals surface area contributed by atoms with E-state index in [-0.39, 0.29) is 0 Å². The molecule has 2 N–H and O–H groups in total. The van der Waals surface area contributed by atoms with Crippen molar-refractivity contribution in [1.82, 2.24) is 0 Å². The number of carboxylic acid groups (broad SMARTS) is 2. The van der Waals surface area contributed by atoms with Crippen molar-refractivity contribution in [2.75, 3.05) is 0 Å². The molecule has 0 radical (unpaired) electrons. The minimum Gasteiger partial charge on any atom is -0.478 e. The molecule has 146 valence electrons. The van der Waals surface area contributed by atoms with Crippen LogP contribution in [-0.2, 0) is 9.59 Å². The number of rotatable bonds is 5. The standard InChI is InChI=1S/2C8H8.C4H4O4.C4H6/c2*1-2-8-6-4-3-5-7-8;5-3(6)1-2-4(7)8;1-3-4-2/h2*2-7H,1H2;1-2H,(H,5,6)(H,7,8);3-4H,1-2H2/b;;2-1-;. The van der Waals surface area contributed by atoms with Crippen molar-refractivity contribution >= 4 is 24.1 Å². The van der Waals surface area contributed by atoms with Gasteiger partial charge in [-0.25, -0.2) is 9.59 Å². The highest BCUT2D eigenvalue weighted by atomic mass is 16.4. The van der Waals surface area contributed by atoms with E-state index in [1.54, 1.807) is 12.2 Å². The Labute approximate surface area is 166 Å². The fraction of sp³-hybridized carbons (Fsp3) is 0. The van der Waals surface area contributed by atoms with Crippen molar-refractivity contribution in [2.24, 2.45) is 0 Å². The molecule has 4 nitrogen and oxygen atoms in total. The summed E-state index contributed by atoms with van der Waals surface area (Å²) in [7, 11) is 0. The number of hydrogen-bond acceptors (Lipinski definition) is 2. The molecule has 0 aliphatic carbocycles. The van der Waals surface area contributed by atoms with E-state index in [2.05, 4.69) is 26.3 Å². The molecule has 0 aromatic heterocycles. The molecule has 0 bridgehead atoms. The Kier molecular flexibility index (Phi) is 18.2. The predicted molar refractivity (Wildman–Crippen MR) is 118 cm³/mol. The number of carbonyl (C=O) groups is 2. The van der Waals surface area contributed by atoms with Crippen molar-refractivity contribution < 1.29 is 19.8 Å². The zero-order chi connectivity index (χ0) is 21.6. The summed E-state index contributed by atoms with van der Waals surface area (Å²) in [5.41, 5.74) is 2.35. The molecular formula is C24H26O4. The maximum Gasteiger partial charge on any atom is 0.328 e. The van der Waals surface area contributed by atoms with Crippen LogP contribution in [0.2, 0.25) is 0 Å². The summed E-state index contributed by atoms with van der Waals surface area (Å²) in [6.45, 7) is 14.0. The van der Waals surface area contributed by atoms with Gasteiger partial charge < -0.3 is 10.2 Å². The Morgan fingerprint density at radius 3 is 1.04 bits per heavy atom. The highest BCUT2D eigenvalue weighted by Gasteiger charge is 1.88. The summed E-state index contributed by atoms with van der Waals surface area (Å²) < 4.78 is 0. The lowest BCUT2D eigenvalue weighted by molar-refractivity contribution is -0.134. The SMILES string of the molecule is C=CC=C.C=Cc1ccccc1.C=Cc1ccccc1.O=C(O)/C=C\C(=O)O. The fourth-order valence-corrected chi connectivity index (χ4v) is 1.32. The van der Waals surface area contributed by atoms with E-state index in [0.29, 0.717) is 12.2 Å². The van der Waals surface area contributed by atoms with Gasteiger partial charge in [0.25, 0.3) is 0 Å². The minimum absolute atomic E-state index is 0.558. The van der Waals surface area contributed by atoms with Gasteiger partial charge in [-0.05, 0) is 11.1 Å². The lowest BCUT2D eigenvalue weighted by Gasteiger charge is -1.85. The van der Waals surface area contributed by atoms with Gasteiger partial charge in [-0.1, -0.05) is 111 Å². The summed E-state index contributed by atoms with van der Waals surface area (Å²) >= 11 is 0. The highest BCUT2D eigenvalue weighted by molar-refractivity contribution is 5.89. The molecule has 28 heavy (non-hydrogen) atoms. The summed E-state index contributed by atoms with van der Waals surface area (Å²) in [6.07, 6.45) is 8.06. The van der Waals surface area contributed by atoms with Crippen LogP contribution in [0.25, 0.3) is 12.2 Å². The molecule has 2 aromatic carbocycles. The van der Waals surface area contributed by atoms with Crippen LogP contribution in [0.4, 0.5) is 0 Å². The summed E-state index contributed by atoms with van der Waals surface area (Å²) in [4.78, 5) is 19.1. The third-order valence-corrected chi connectivity index (χ3v) is 2.61. The summed E-state index contributed by atoms with van der Waals surface area (Å²) in [6, 6.07) is 20.1. The van der Waals surface area contributed by atoms with Gasteiger partial charge in [-0.3, -0.25) is 0 Å². The van der Waals surface area contributed by atoms with Crippen LogP contribution in [0.1, 0.15) is 11.1 Å². The van der Waals surface area contributed by atoms with Crippen LogP contribution in [0, 0.1) is 0 Å². The molecule has 0 atom stereocenters. The van der Waals surface area contributed by atoms with Gasteiger partial charge in [-0.15, -0.1) is 0 Å². The van der Waals surface area contributed by atoms with Crippen molar-refractivity contribution in [3.8, 4) is 0 Å². The lowest BCUT2D eigenvalue weighted by Crippen LogP contribution is -1.91. The Morgan fingerprint density at radius 2 is 0.893 bits per heavy atom. The average molecular weight is 378 g/mol. The fourth-order valence-electron chi connectivity index (χ4n) is 1.32. The maximum atomic E-state index is 9.55. The molecular weight excluding hydrogens is 352 g/mol. The summed E-state index contributed by atoms with van der Waals surface area (Å²) in [5.74, 6) is -2.51. The molecule has 0 amide bonds. The normalized spacial score (nSPS) is 8.29. The monoisotopic (exact) mass is 378 g/mol. The maximum absolute atomic E-state index is 9.55. The van der Waals surface area contributed by atoms with Crippen molar-refractivity contribution in [3.05, 3.63) is 122 Å². The second-order valence-corrected chi connectivity index (χ2v) is 4.71. The van der Waals surface area contributed by atoms with Gasteiger partial charge in [0.05, 0.1) is 0 Å². The first-order valence-electron chi connectivity index (χ1n) is 8.13. The second-order valence-electron chi connectivity index (χ2n) is 4.71. The minimum atomic E-state index is -1.26. The predicted octanol–water partition coefficient (Wildman–Crippen LogP) is 5.73. The van der Waals surface area contributed by atoms with Crippen LogP contribution in [0.3, 0.4) is 0 Å². The highest BCUT2D eigenvalue weighted by Crippen LogP contribution is 1.98. The van der Waals surface area contributed by atoms with Gasteiger partial charge in [0, 0.05) is 12.2 Å². The van der Waals surface area contributed by atoms with Gasteiger partial charge >= 0.3 is 11.9 Å². The van der Waals surface area contributed by atoms with E-state index >= 15 is 0 Å². The van der Waals surface area contributed by atoms with Gasteiger partial charge in [0.1, 0.15) is 0 Å². The first-order valence-corrected chi connectivity index (χ1v) is 8.13. The molecule has 0 spiro atoms. The molecule has 0 heterocycles. The Bertz CT molecular complexity index is 679. The Morgan fingerprint density at radius 1 is 0.607 bits per heavy atom.